The Morgan fingerprint density at radius 1 is 1.10 bits per heavy atom. The van der Waals surface area contributed by atoms with Crippen LogP contribution in [0.3, 0.4) is 0 Å². The molecule has 1 aromatic heterocycles. The number of nitrogens with one attached hydrogen (secondary N) is 2. The first-order valence-corrected chi connectivity index (χ1v) is 11.2. The molecule has 164 valence electrons. The average molecular weight is 460 g/mol. The maximum atomic E-state index is 12.3. The Bertz CT molecular complexity index is 1040. The number of aromatic nitrogens is 2. The normalized spacial score (nSPS) is 11.1. The van der Waals surface area contributed by atoms with E-state index < -0.39 is 0 Å². The Kier molecular flexibility index (Phi) is 8.46. The number of amides is 1. The summed E-state index contributed by atoms with van der Waals surface area (Å²) in [6.45, 7) is 1.78. The van der Waals surface area contributed by atoms with Gasteiger partial charge in [0.2, 0.25) is 5.91 Å². The van der Waals surface area contributed by atoms with Crippen molar-refractivity contribution in [2.75, 3.05) is 43.7 Å². The molecule has 2 aromatic carbocycles. The van der Waals surface area contributed by atoms with Gasteiger partial charge in [0.25, 0.3) is 0 Å². The van der Waals surface area contributed by atoms with Crippen LogP contribution in [0.5, 0.6) is 0 Å². The van der Waals surface area contributed by atoms with Crippen molar-refractivity contribution in [2.24, 2.45) is 0 Å². The number of benzene rings is 2. The lowest BCUT2D eigenvalue weighted by Crippen LogP contribution is -2.17. The third-order valence-corrected chi connectivity index (χ3v) is 5.21. The minimum absolute atomic E-state index is 0.119. The van der Waals surface area contributed by atoms with Gasteiger partial charge in [-0.15, -0.1) is 11.6 Å². The number of hydrogen-bond acceptors (Lipinski definition) is 5. The van der Waals surface area contributed by atoms with Crippen LogP contribution in [0.4, 0.5) is 11.5 Å². The molecule has 0 aliphatic heterocycles. The topological polar surface area (TPSA) is 70.2 Å². The van der Waals surface area contributed by atoms with Gasteiger partial charge in [-0.3, -0.25) is 4.79 Å². The fourth-order valence-corrected chi connectivity index (χ4v) is 3.49. The van der Waals surface area contributed by atoms with Gasteiger partial charge < -0.3 is 15.5 Å². The third kappa shape index (κ3) is 6.53. The number of rotatable bonds is 10. The minimum atomic E-state index is -0.119. The fraction of sp³-hybridized carbons (Fsp3) is 0.348. The van der Waals surface area contributed by atoms with Crippen LogP contribution in [0.25, 0.3) is 22.3 Å². The molecule has 0 atom stereocenters. The Labute approximate surface area is 193 Å². The molecule has 3 aromatic rings. The van der Waals surface area contributed by atoms with Crippen LogP contribution < -0.4 is 10.6 Å². The molecule has 8 heteroatoms. The van der Waals surface area contributed by atoms with Gasteiger partial charge >= 0.3 is 0 Å². The Morgan fingerprint density at radius 3 is 2.68 bits per heavy atom. The number of para-hydroxylation sites is 1. The summed E-state index contributed by atoms with van der Waals surface area (Å²) in [4.78, 5) is 24.0. The number of carbonyl (C=O) groups is 1. The highest BCUT2D eigenvalue weighted by Gasteiger charge is 2.15. The molecule has 2 N–H and O–H groups in total. The van der Waals surface area contributed by atoms with E-state index in [0.717, 1.165) is 36.2 Å². The summed E-state index contributed by atoms with van der Waals surface area (Å²) in [7, 11) is 4.11. The molecule has 0 aliphatic carbocycles. The predicted molar refractivity (Wildman–Crippen MR) is 130 cm³/mol. The molecule has 0 spiro atoms. The van der Waals surface area contributed by atoms with Crippen LogP contribution in [0.15, 0.2) is 42.5 Å². The van der Waals surface area contributed by atoms with Gasteiger partial charge in [-0.1, -0.05) is 23.7 Å². The zero-order chi connectivity index (χ0) is 22.2. The van der Waals surface area contributed by atoms with E-state index in [2.05, 4.69) is 29.6 Å². The Hall–Kier alpha value is -2.41. The molecule has 0 saturated heterocycles. The molecule has 0 saturated carbocycles. The standard InChI is InChI=1S/C23H27Cl2N5O/c1-30(2)14-6-13-26-22-17-7-3-4-8-19(17)28-23(29-22)18-11-10-16(25)15-20(18)27-21(31)9-5-12-24/h3-4,7-8,10-11,15H,5-6,9,12-14H2,1-2H3,(H,27,31)(H,26,28,29). The van der Waals surface area contributed by atoms with Crippen LogP contribution in [-0.4, -0.2) is 53.8 Å². The average Bonchev–Trinajstić information content (AvgIpc) is 2.75. The van der Waals surface area contributed by atoms with E-state index in [9.17, 15) is 4.79 Å². The lowest BCUT2D eigenvalue weighted by molar-refractivity contribution is -0.116. The number of nitrogens with zero attached hydrogens (tertiary/aromatic N) is 3. The summed E-state index contributed by atoms with van der Waals surface area (Å²) in [6, 6.07) is 13.2. The van der Waals surface area contributed by atoms with Crippen LogP contribution >= 0.6 is 23.2 Å². The monoisotopic (exact) mass is 459 g/mol. The SMILES string of the molecule is CN(C)CCCNc1nc(-c2ccc(Cl)cc2NC(=O)CCCCl)nc2ccccc12. The van der Waals surface area contributed by atoms with Crippen molar-refractivity contribution in [2.45, 2.75) is 19.3 Å². The second kappa shape index (κ2) is 11.3. The van der Waals surface area contributed by atoms with Gasteiger partial charge in [0.05, 0.1) is 11.2 Å². The highest BCUT2D eigenvalue weighted by atomic mass is 35.5. The quantitative estimate of drug-likeness (QED) is 0.319. The Balaban J connectivity index is 1.95. The lowest BCUT2D eigenvalue weighted by Gasteiger charge is -2.15. The summed E-state index contributed by atoms with van der Waals surface area (Å²) in [6.07, 6.45) is 1.94. The number of halogens is 2. The van der Waals surface area contributed by atoms with Gasteiger partial charge in [-0.05, 0) is 63.8 Å². The van der Waals surface area contributed by atoms with Crippen molar-refractivity contribution in [1.82, 2.24) is 14.9 Å². The van der Waals surface area contributed by atoms with Crippen LogP contribution in [0.2, 0.25) is 5.02 Å². The fourth-order valence-electron chi connectivity index (χ4n) is 3.19. The summed E-state index contributed by atoms with van der Waals surface area (Å²) in [5.74, 6) is 1.62. The molecule has 31 heavy (non-hydrogen) atoms. The maximum absolute atomic E-state index is 12.3. The second-order valence-corrected chi connectivity index (χ2v) is 8.34. The van der Waals surface area contributed by atoms with E-state index in [0.29, 0.717) is 40.8 Å². The van der Waals surface area contributed by atoms with E-state index in [1.165, 1.54) is 0 Å². The zero-order valence-corrected chi connectivity index (χ0v) is 19.3. The van der Waals surface area contributed by atoms with Gasteiger partial charge in [-0.25, -0.2) is 9.97 Å². The summed E-state index contributed by atoms with van der Waals surface area (Å²) >= 11 is 11.9. The summed E-state index contributed by atoms with van der Waals surface area (Å²) in [5, 5.41) is 7.86. The first-order chi connectivity index (χ1) is 15.0. The zero-order valence-electron chi connectivity index (χ0n) is 17.8. The van der Waals surface area contributed by atoms with Gasteiger partial charge in [0, 0.05) is 34.8 Å². The van der Waals surface area contributed by atoms with Gasteiger partial charge in [-0.2, -0.15) is 0 Å². The van der Waals surface area contributed by atoms with Crippen molar-refractivity contribution < 1.29 is 4.79 Å². The van der Waals surface area contributed by atoms with Crippen LogP contribution in [0.1, 0.15) is 19.3 Å². The maximum Gasteiger partial charge on any atom is 0.224 e. The van der Waals surface area contributed by atoms with E-state index in [-0.39, 0.29) is 5.91 Å². The van der Waals surface area contributed by atoms with Crippen LogP contribution in [0, 0.1) is 0 Å². The smallest absolute Gasteiger partial charge is 0.224 e. The first-order valence-electron chi connectivity index (χ1n) is 10.3. The molecule has 0 radical (unpaired) electrons. The highest BCUT2D eigenvalue weighted by Crippen LogP contribution is 2.31. The largest absolute Gasteiger partial charge is 0.369 e. The first kappa shape index (κ1) is 23.3. The highest BCUT2D eigenvalue weighted by molar-refractivity contribution is 6.31. The van der Waals surface area contributed by atoms with Crippen molar-refractivity contribution in [3.05, 3.63) is 47.5 Å². The molecule has 0 fully saturated rings. The molecule has 0 bridgehead atoms. The molecule has 3 rings (SSSR count). The Morgan fingerprint density at radius 2 is 1.90 bits per heavy atom. The summed E-state index contributed by atoms with van der Waals surface area (Å²) in [5.41, 5.74) is 2.13. The molecule has 0 aliphatic rings. The van der Waals surface area contributed by atoms with Crippen molar-refractivity contribution in [1.29, 1.82) is 0 Å². The van der Waals surface area contributed by atoms with E-state index in [1.54, 1.807) is 12.1 Å². The number of fused-ring (bicyclic) bond motifs is 1. The van der Waals surface area contributed by atoms with Crippen LogP contribution in [-0.2, 0) is 4.79 Å². The molecule has 1 heterocycles. The van der Waals surface area contributed by atoms with E-state index >= 15 is 0 Å². The molecule has 0 unspecified atom stereocenters. The number of carbonyl (C=O) groups excluding carboxylic acids is 1. The van der Waals surface area contributed by atoms with Crippen molar-refractivity contribution in [3.63, 3.8) is 0 Å². The second-order valence-electron chi connectivity index (χ2n) is 7.53. The van der Waals surface area contributed by atoms with Crippen molar-refractivity contribution in [3.8, 4) is 11.4 Å². The third-order valence-electron chi connectivity index (χ3n) is 4.71. The van der Waals surface area contributed by atoms with Gasteiger partial charge in [0.1, 0.15) is 5.82 Å². The molecular formula is C23H27Cl2N5O. The minimum Gasteiger partial charge on any atom is -0.369 e. The summed E-state index contributed by atoms with van der Waals surface area (Å²) < 4.78 is 0. The molecular weight excluding hydrogens is 433 g/mol. The number of alkyl halides is 1. The predicted octanol–water partition coefficient (Wildman–Crippen LogP) is 5.27. The van der Waals surface area contributed by atoms with E-state index in [1.807, 2.05) is 30.3 Å². The molecule has 6 nitrogen and oxygen atoms in total. The van der Waals surface area contributed by atoms with Crippen molar-refractivity contribution >= 4 is 51.5 Å². The number of anilines is 2. The van der Waals surface area contributed by atoms with E-state index in [4.69, 9.17) is 33.2 Å². The lowest BCUT2D eigenvalue weighted by atomic mass is 10.1. The van der Waals surface area contributed by atoms with Gasteiger partial charge in [0.15, 0.2) is 5.82 Å². The molecule has 1 amide bonds. The number of hydrogen-bond donors (Lipinski definition) is 2.